The first-order valence-corrected chi connectivity index (χ1v) is 9.23. The second-order valence-corrected chi connectivity index (χ2v) is 9.44. The zero-order chi connectivity index (χ0) is 18.2. The second kappa shape index (κ2) is 6.62. The van der Waals surface area contributed by atoms with Crippen LogP contribution in [0.4, 0.5) is 0 Å². The maximum atomic E-state index is 12.1. The molecule has 0 radical (unpaired) electrons. The van der Waals surface area contributed by atoms with Gasteiger partial charge in [-0.05, 0) is 59.3 Å². The molecule has 1 amide bonds. The minimum atomic E-state index is -0.132. The van der Waals surface area contributed by atoms with Crippen molar-refractivity contribution < 1.29 is 9.59 Å². The van der Waals surface area contributed by atoms with Gasteiger partial charge in [0, 0.05) is 41.5 Å². The highest BCUT2D eigenvalue weighted by molar-refractivity contribution is 5.96. The molecule has 0 bridgehead atoms. The fourth-order valence-corrected chi connectivity index (χ4v) is 4.43. The Balaban J connectivity index is 1.81. The second-order valence-electron chi connectivity index (χ2n) is 9.44. The van der Waals surface area contributed by atoms with E-state index in [0.29, 0.717) is 30.1 Å². The van der Waals surface area contributed by atoms with Crippen LogP contribution in [-0.2, 0) is 9.59 Å². The van der Waals surface area contributed by atoms with E-state index in [-0.39, 0.29) is 22.5 Å². The van der Waals surface area contributed by atoms with Crippen molar-refractivity contribution in [2.45, 2.75) is 96.2 Å². The number of Topliss-reactive ketones (excluding diaryl/α,β-unsaturated/α-hetero) is 1. The van der Waals surface area contributed by atoms with Gasteiger partial charge in [-0.1, -0.05) is 13.5 Å². The van der Waals surface area contributed by atoms with Gasteiger partial charge in [0.1, 0.15) is 5.78 Å². The lowest BCUT2D eigenvalue weighted by Gasteiger charge is -2.44. The van der Waals surface area contributed by atoms with E-state index in [4.69, 9.17) is 0 Å². The molecule has 2 aliphatic rings. The third-order valence-electron chi connectivity index (χ3n) is 5.58. The van der Waals surface area contributed by atoms with Crippen LogP contribution in [0.3, 0.4) is 0 Å². The van der Waals surface area contributed by atoms with Gasteiger partial charge in [0.15, 0.2) is 0 Å². The highest BCUT2D eigenvalue weighted by atomic mass is 16.2. The Hall–Kier alpha value is -1.16. The van der Waals surface area contributed by atoms with Crippen molar-refractivity contribution in [1.29, 1.82) is 0 Å². The molecular formula is C20H34N2O2. The number of rotatable bonds is 6. The Bertz CT molecular complexity index is 522. The number of carbonyl (C=O) groups is 2. The molecule has 136 valence electrons. The monoisotopic (exact) mass is 334 g/mol. The lowest BCUT2D eigenvalue weighted by molar-refractivity contribution is -0.124. The van der Waals surface area contributed by atoms with E-state index >= 15 is 0 Å². The van der Waals surface area contributed by atoms with Gasteiger partial charge in [-0.15, -0.1) is 0 Å². The smallest absolute Gasteiger partial charge is 0.247 e. The Morgan fingerprint density at radius 1 is 1.00 bits per heavy atom. The zero-order valence-electron chi connectivity index (χ0n) is 16.1. The summed E-state index contributed by atoms with van der Waals surface area (Å²) < 4.78 is 0. The van der Waals surface area contributed by atoms with Gasteiger partial charge in [-0.2, -0.15) is 0 Å². The van der Waals surface area contributed by atoms with Crippen molar-refractivity contribution in [3.63, 3.8) is 0 Å². The van der Waals surface area contributed by atoms with Crippen molar-refractivity contribution >= 4 is 11.7 Å². The first kappa shape index (κ1) is 19.2. The molecule has 4 nitrogen and oxygen atoms in total. The minimum absolute atomic E-state index is 0.00446. The Labute approximate surface area is 146 Å². The number of nitrogens with one attached hydrogen (secondary N) is 2. The van der Waals surface area contributed by atoms with Crippen LogP contribution in [0.25, 0.3) is 0 Å². The lowest BCUT2D eigenvalue weighted by atomic mass is 9.77. The van der Waals surface area contributed by atoms with Gasteiger partial charge in [-0.3, -0.25) is 9.59 Å². The van der Waals surface area contributed by atoms with Crippen LogP contribution in [0.1, 0.15) is 79.6 Å². The molecule has 3 atom stereocenters. The summed E-state index contributed by atoms with van der Waals surface area (Å²) in [7, 11) is 0. The summed E-state index contributed by atoms with van der Waals surface area (Å²) in [4.78, 5) is 23.7. The normalized spacial score (nSPS) is 34.3. The van der Waals surface area contributed by atoms with Crippen molar-refractivity contribution in [1.82, 2.24) is 10.6 Å². The van der Waals surface area contributed by atoms with Crippen LogP contribution < -0.4 is 10.6 Å². The third-order valence-corrected chi connectivity index (χ3v) is 5.58. The molecule has 2 rings (SSSR count). The van der Waals surface area contributed by atoms with Gasteiger partial charge in [0.25, 0.3) is 0 Å². The summed E-state index contributed by atoms with van der Waals surface area (Å²) in [6.07, 6.45) is 6.18. The summed E-state index contributed by atoms with van der Waals surface area (Å²) in [6.45, 7) is 14.6. The highest BCUT2D eigenvalue weighted by Gasteiger charge is 2.40. The first-order chi connectivity index (χ1) is 10.9. The lowest BCUT2D eigenvalue weighted by Crippen LogP contribution is -2.59. The van der Waals surface area contributed by atoms with Crippen LogP contribution in [-0.4, -0.2) is 28.3 Å². The molecule has 2 saturated heterocycles. The molecule has 2 fully saturated rings. The Morgan fingerprint density at radius 3 is 2.08 bits per heavy atom. The van der Waals surface area contributed by atoms with Crippen LogP contribution in [0, 0.1) is 5.92 Å². The molecule has 0 aromatic carbocycles. The van der Waals surface area contributed by atoms with E-state index in [1.165, 1.54) is 0 Å². The maximum Gasteiger partial charge on any atom is 0.247 e. The molecule has 0 spiro atoms. The number of piperidine rings is 1. The molecule has 4 heteroatoms. The van der Waals surface area contributed by atoms with Crippen LogP contribution >= 0.6 is 0 Å². The summed E-state index contributed by atoms with van der Waals surface area (Å²) in [5.41, 5.74) is 0.375. The van der Waals surface area contributed by atoms with Crippen LogP contribution in [0.5, 0.6) is 0 Å². The van der Waals surface area contributed by atoms with Gasteiger partial charge >= 0.3 is 0 Å². The molecule has 0 aliphatic carbocycles. The average molecular weight is 335 g/mol. The predicted octanol–water partition coefficient (Wildman–Crippen LogP) is 3.51. The van der Waals surface area contributed by atoms with Crippen molar-refractivity contribution in [2.75, 3.05) is 0 Å². The van der Waals surface area contributed by atoms with Crippen molar-refractivity contribution in [3.05, 3.63) is 12.2 Å². The fraction of sp³-hybridized carbons (Fsp3) is 0.800. The van der Waals surface area contributed by atoms with Crippen molar-refractivity contribution in [2.24, 2.45) is 5.92 Å². The van der Waals surface area contributed by atoms with E-state index in [1.54, 1.807) is 0 Å². The molecule has 0 saturated carbocycles. The Morgan fingerprint density at radius 2 is 1.58 bits per heavy atom. The summed E-state index contributed by atoms with van der Waals surface area (Å²) >= 11 is 0. The van der Waals surface area contributed by atoms with Crippen LogP contribution in [0.2, 0.25) is 0 Å². The highest BCUT2D eigenvalue weighted by Crippen LogP contribution is 2.33. The predicted molar refractivity (Wildman–Crippen MR) is 97.8 cm³/mol. The topological polar surface area (TPSA) is 58.2 Å². The van der Waals surface area contributed by atoms with E-state index in [2.05, 4.69) is 51.8 Å². The van der Waals surface area contributed by atoms with E-state index in [0.717, 1.165) is 32.1 Å². The fourth-order valence-electron chi connectivity index (χ4n) is 4.43. The molecule has 24 heavy (non-hydrogen) atoms. The molecule has 0 aromatic rings. The number of carbonyl (C=O) groups excluding carboxylic acids is 2. The minimum Gasteiger partial charge on any atom is -0.347 e. The van der Waals surface area contributed by atoms with Gasteiger partial charge in [0.05, 0.1) is 0 Å². The number of hydrogen-bond acceptors (Lipinski definition) is 3. The SMILES string of the molecule is C=C1CC(C)(CC[C@@H](C)CCC2(C)CC(=O)CC(C)(C)N2)NC1=O. The van der Waals surface area contributed by atoms with E-state index < -0.39 is 0 Å². The molecule has 2 aliphatic heterocycles. The largest absolute Gasteiger partial charge is 0.347 e. The van der Waals surface area contributed by atoms with Gasteiger partial charge < -0.3 is 10.6 Å². The molecule has 0 aromatic heterocycles. The van der Waals surface area contributed by atoms with E-state index in [9.17, 15) is 9.59 Å². The molecule has 2 heterocycles. The zero-order valence-corrected chi connectivity index (χ0v) is 16.1. The Kier molecular flexibility index (Phi) is 5.29. The third kappa shape index (κ3) is 4.92. The average Bonchev–Trinajstić information content (AvgIpc) is 2.65. The van der Waals surface area contributed by atoms with Crippen molar-refractivity contribution in [3.8, 4) is 0 Å². The van der Waals surface area contributed by atoms with Crippen LogP contribution in [0.15, 0.2) is 12.2 Å². The summed E-state index contributed by atoms with van der Waals surface area (Å²) in [6, 6.07) is 0. The maximum absolute atomic E-state index is 12.1. The number of ketones is 1. The number of hydrogen-bond donors (Lipinski definition) is 2. The number of amides is 1. The molecular weight excluding hydrogens is 300 g/mol. The van der Waals surface area contributed by atoms with E-state index in [1.807, 2.05) is 0 Å². The van der Waals surface area contributed by atoms with Gasteiger partial charge in [0.2, 0.25) is 5.91 Å². The summed E-state index contributed by atoms with van der Waals surface area (Å²) in [5.74, 6) is 0.949. The molecule has 2 unspecified atom stereocenters. The quantitative estimate of drug-likeness (QED) is 0.731. The first-order valence-electron chi connectivity index (χ1n) is 9.23. The van der Waals surface area contributed by atoms with Gasteiger partial charge in [-0.25, -0.2) is 0 Å². The molecule has 2 N–H and O–H groups in total. The standard InChI is InChI=1S/C20H34N2O2/c1-14(7-9-19(5)11-15(2)17(24)21-19)8-10-20(6)13-16(23)12-18(3,4)22-20/h14,22H,2,7-13H2,1,3-6H3,(H,21,24)/t14-,19?,20?/m1/s1. The summed E-state index contributed by atoms with van der Waals surface area (Å²) in [5, 5.41) is 6.75.